The van der Waals surface area contributed by atoms with Crippen LogP contribution in [0.5, 0.6) is 0 Å². The highest BCUT2D eigenvalue weighted by Crippen LogP contribution is 2.32. The molecule has 0 spiro atoms. The normalized spacial score (nSPS) is 17.0. The molecule has 4 amide bonds. The molecule has 0 saturated heterocycles. The van der Waals surface area contributed by atoms with Crippen LogP contribution in [0.25, 0.3) is 0 Å². The zero-order chi connectivity index (χ0) is 32.7. The average Bonchev–Trinajstić information content (AvgIpc) is 2.91. The molecule has 2 aromatic rings. The fraction of sp³-hybridized carbons (Fsp3) is 0.611. The van der Waals surface area contributed by atoms with Crippen LogP contribution in [0.4, 0.5) is 32.3 Å². The molecule has 8 nitrogen and oxygen atoms in total. The molecule has 2 aromatic carbocycles. The summed E-state index contributed by atoms with van der Waals surface area (Å²) in [5, 5.41) is 6.28. The van der Waals surface area contributed by atoms with E-state index in [2.05, 4.69) is 52.2 Å². The summed E-state index contributed by atoms with van der Waals surface area (Å²) in [5.41, 5.74) is 3.76. The van der Waals surface area contributed by atoms with Gasteiger partial charge in [-0.3, -0.25) is 0 Å². The van der Waals surface area contributed by atoms with Gasteiger partial charge in [0.05, 0.1) is 0 Å². The van der Waals surface area contributed by atoms with Crippen molar-refractivity contribution in [3.8, 4) is 0 Å². The van der Waals surface area contributed by atoms with E-state index in [9.17, 15) is 9.59 Å². The third kappa shape index (κ3) is 11.6. The van der Waals surface area contributed by atoms with Gasteiger partial charge in [-0.05, 0) is 90.5 Å². The van der Waals surface area contributed by atoms with E-state index in [1.54, 1.807) is 0 Å². The quantitative estimate of drug-likeness (QED) is 0.287. The first-order valence-corrected chi connectivity index (χ1v) is 16.2. The van der Waals surface area contributed by atoms with Crippen LogP contribution < -0.4 is 20.4 Å². The van der Waals surface area contributed by atoms with E-state index in [0.717, 1.165) is 61.5 Å². The van der Waals surface area contributed by atoms with Crippen LogP contribution in [0.2, 0.25) is 0 Å². The molecule has 1 aliphatic carbocycles. The summed E-state index contributed by atoms with van der Waals surface area (Å²) >= 11 is 0. The van der Waals surface area contributed by atoms with Crippen molar-refractivity contribution < 1.29 is 9.59 Å². The number of benzene rings is 2. The molecular formula is C36H58N6O2. The van der Waals surface area contributed by atoms with Gasteiger partial charge in [0.1, 0.15) is 0 Å². The maximum absolute atomic E-state index is 13.6. The van der Waals surface area contributed by atoms with E-state index < -0.39 is 0 Å². The lowest BCUT2D eigenvalue weighted by atomic mass is 9.80. The number of nitrogens with zero attached hydrogens (tertiary/aromatic N) is 4. The number of carbonyl (C=O) groups excluding carboxylic acids is 2. The molecule has 0 radical (unpaired) electrons. The molecule has 0 aliphatic heterocycles. The highest BCUT2D eigenvalue weighted by atomic mass is 16.2. The standard InChI is InChI=1S/C36H58N6O2/c1-35(2,3)25-41(33(43)37-29-14-18-31(19-15-29)39(7)8)23-27-12-11-13-28(22-27)24-42(26-36(4,5)6)34(44)38-30-16-20-32(21-17-30)40(9)10/h14-21,27-28H,11-13,22-26H2,1-10H3,(H,37,43)(H,38,44)/t27-,28+. The zero-order valence-corrected chi connectivity index (χ0v) is 29.0. The van der Waals surface area contributed by atoms with Crippen LogP contribution in [-0.2, 0) is 0 Å². The minimum atomic E-state index is -0.0475. The Bertz CT molecular complexity index is 1100. The van der Waals surface area contributed by atoms with E-state index in [1.807, 2.05) is 96.3 Å². The van der Waals surface area contributed by atoms with Gasteiger partial charge in [-0.15, -0.1) is 0 Å². The predicted octanol–water partition coefficient (Wildman–Crippen LogP) is 8.09. The lowest BCUT2D eigenvalue weighted by Gasteiger charge is -2.38. The molecule has 3 rings (SSSR count). The SMILES string of the molecule is CN(C)c1ccc(NC(=O)N(C[C@@H]2CCC[C@H](CN(CC(C)(C)C)C(=O)Nc3ccc(N(C)C)cc3)C2)CC(C)(C)C)cc1. The molecule has 244 valence electrons. The zero-order valence-electron chi connectivity index (χ0n) is 29.0. The summed E-state index contributed by atoms with van der Waals surface area (Å²) in [6, 6.07) is 15.8. The number of carbonyl (C=O) groups is 2. The number of rotatable bonds is 10. The second-order valence-electron chi connectivity index (χ2n) is 15.5. The van der Waals surface area contributed by atoms with E-state index in [-0.39, 0.29) is 22.9 Å². The van der Waals surface area contributed by atoms with E-state index >= 15 is 0 Å². The maximum Gasteiger partial charge on any atom is 0.321 e. The molecule has 2 N–H and O–H groups in total. The van der Waals surface area contributed by atoms with Gasteiger partial charge in [-0.1, -0.05) is 48.0 Å². The van der Waals surface area contributed by atoms with Gasteiger partial charge >= 0.3 is 12.1 Å². The van der Waals surface area contributed by atoms with Crippen LogP contribution in [0.3, 0.4) is 0 Å². The van der Waals surface area contributed by atoms with Crippen LogP contribution >= 0.6 is 0 Å². The summed E-state index contributed by atoms with van der Waals surface area (Å²) in [7, 11) is 8.04. The van der Waals surface area contributed by atoms with Crippen molar-refractivity contribution in [3.05, 3.63) is 48.5 Å². The number of amides is 4. The molecule has 1 saturated carbocycles. The average molecular weight is 607 g/mol. The van der Waals surface area contributed by atoms with Gasteiger partial charge in [-0.25, -0.2) is 9.59 Å². The number of urea groups is 2. The molecule has 0 aromatic heterocycles. The summed E-state index contributed by atoms with van der Waals surface area (Å²) < 4.78 is 0. The fourth-order valence-electron chi connectivity index (χ4n) is 6.03. The second-order valence-corrected chi connectivity index (χ2v) is 15.5. The van der Waals surface area contributed by atoms with Gasteiger partial charge in [0.2, 0.25) is 0 Å². The van der Waals surface area contributed by atoms with Gasteiger partial charge in [-0.2, -0.15) is 0 Å². The second kappa shape index (κ2) is 15.0. The van der Waals surface area contributed by atoms with Crippen molar-refractivity contribution in [3.63, 3.8) is 0 Å². The van der Waals surface area contributed by atoms with Crippen molar-refractivity contribution in [2.45, 2.75) is 67.2 Å². The van der Waals surface area contributed by atoms with Crippen molar-refractivity contribution >= 4 is 34.8 Å². The third-order valence-corrected chi connectivity index (χ3v) is 8.02. The lowest BCUT2D eigenvalue weighted by Crippen LogP contribution is -2.46. The van der Waals surface area contributed by atoms with Gasteiger partial charge in [0.25, 0.3) is 0 Å². The van der Waals surface area contributed by atoms with E-state index in [4.69, 9.17) is 0 Å². The Labute approximate surface area is 267 Å². The molecule has 0 heterocycles. The first-order valence-electron chi connectivity index (χ1n) is 16.2. The molecule has 8 heteroatoms. The fourth-order valence-corrected chi connectivity index (χ4v) is 6.03. The van der Waals surface area contributed by atoms with Crippen molar-refractivity contribution in [2.75, 3.05) is 74.8 Å². The minimum absolute atomic E-state index is 0.0213. The summed E-state index contributed by atoms with van der Waals surface area (Å²) in [4.78, 5) is 35.2. The van der Waals surface area contributed by atoms with Crippen LogP contribution in [0.15, 0.2) is 48.5 Å². The Morgan fingerprint density at radius 3 is 1.27 bits per heavy atom. The summed E-state index contributed by atoms with van der Waals surface area (Å²) in [6.07, 6.45) is 4.33. The van der Waals surface area contributed by atoms with Gasteiger partial charge < -0.3 is 30.2 Å². The first kappa shape index (κ1) is 35.1. The Balaban J connectivity index is 1.67. The molecule has 2 atom stereocenters. The van der Waals surface area contributed by atoms with Crippen molar-refractivity contribution in [1.29, 1.82) is 0 Å². The Hall–Kier alpha value is -3.42. The first-order chi connectivity index (χ1) is 20.5. The smallest absolute Gasteiger partial charge is 0.321 e. The Morgan fingerprint density at radius 1 is 0.636 bits per heavy atom. The molecule has 1 fully saturated rings. The topological polar surface area (TPSA) is 71.2 Å². The third-order valence-electron chi connectivity index (χ3n) is 8.02. The van der Waals surface area contributed by atoms with E-state index in [1.165, 1.54) is 0 Å². The summed E-state index contributed by atoms with van der Waals surface area (Å²) in [5.74, 6) is 0.798. The van der Waals surface area contributed by atoms with Gasteiger partial charge in [0, 0.05) is 77.1 Å². The predicted molar refractivity (Wildman–Crippen MR) is 187 cm³/mol. The highest BCUT2D eigenvalue weighted by Gasteiger charge is 2.31. The number of hydrogen-bond acceptors (Lipinski definition) is 4. The molecule has 0 unspecified atom stereocenters. The molecule has 44 heavy (non-hydrogen) atoms. The van der Waals surface area contributed by atoms with Gasteiger partial charge in [0.15, 0.2) is 0 Å². The number of hydrogen-bond donors (Lipinski definition) is 2. The largest absolute Gasteiger partial charge is 0.378 e. The van der Waals surface area contributed by atoms with Crippen LogP contribution in [-0.4, -0.2) is 76.2 Å². The highest BCUT2D eigenvalue weighted by molar-refractivity contribution is 5.90. The monoisotopic (exact) mass is 606 g/mol. The Kier molecular flexibility index (Phi) is 12.0. The van der Waals surface area contributed by atoms with Crippen LogP contribution in [0.1, 0.15) is 67.2 Å². The Morgan fingerprint density at radius 2 is 0.977 bits per heavy atom. The minimum Gasteiger partial charge on any atom is -0.378 e. The molecule has 0 bridgehead atoms. The maximum atomic E-state index is 13.6. The van der Waals surface area contributed by atoms with Crippen LogP contribution in [0, 0.1) is 22.7 Å². The lowest BCUT2D eigenvalue weighted by molar-refractivity contribution is 0.130. The number of anilines is 4. The van der Waals surface area contributed by atoms with E-state index in [0.29, 0.717) is 24.9 Å². The molecule has 1 aliphatic rings. The summed E-state index contributed by atoms with van der Waals surface area (Å²) in [6.45, 7) is 15.9. The molecular weight excluding hydrogens is 548 g/mol. The van der Waals surface area contributed by atoms with Crippen molar-refractivity contribution in [1.82, 2.24) is 9.80 Å². The van der Waals surface area contributed by atoms with Crippen molar-refractivity contribution in [2.24, 2.45) is 22.7 Å². The number of nitrogens with one attached hydrogen (secondary N) is 2.